The van der Waals surface area contributed by atoms with Gasteiger partial charge < -0.3 is 4.90 Å². The van der Waals surface area contributed by atoms with E-state index < -0.39 is 28.8 Å². The molecule has 1 N–H and O–H groups in total. The van der Waals surface area contributed by atoms with E-state index in [9.17, 15) is 17.2 Å². The van der Waals surface area contributed by atoms with Gasteiger partial charge in [-0.25, -0.2) is 9.67 Å². The molecule has 0 radical (unpaired) electrons. The first-order valence-electron chi connectivity index (χ1n) is 12.6. The van der Waals surface area contributed by atoms with E-state index in [-0.39, 0.29) is 0 Å². The molecule has 1 aromatic carbocycles. The number of aromatic nitrogens is 3. The fourth-order valence-electron chi connectivity index (χ4n) is 5.41. The Morgan fingerprint density at radius 1 is 1.23 bits per heavy atom. The second kappa shape index (κ2) is 10.4. The van der Waals surface area contributed by atoms with Gasteiger partial charge in [-0.05, 0) is 37.0 Å². The van der Waals surface area contributed by atoms with Crippen molar-refractivity contribution in [3.63, 3.8) is 0 Å². The quantitative estimate of drug-likeness (QED) is 0.432. The highest BCUT2D eigenvalue weighted by atomic mass is 35.5. The average molecular weight is 594 g/mol. The second-order valence-corrected chi connectivity index (χ2v) is 12.8. The minimum absolute atomic E-state index is 0.321. The highest BCUT2D eigenvalue weighted by Crippen LogP contribution is 2.46. The molecule has 9 nitrogen and oxygen atoms in total. The molecule has 0 aliphatic carbocycles. The molecule has 0 bridgehead atoms. The Bertz CT molecular complexity index is 1550. The Balaban J connectivity index is 1.48. The molecule has 5 heterocycles. The first-order chi connectivity index (χ1) is 18.7. The van der Waals surface area contributed by atoms with Gasteiger partial charge in [0.2, 0.25) is 0 Å². The molecule has 206 valence electrons. The minimum Gasteiger partial charge on any atom is -0.326 e. The SMILES string of the molecule is Cc1ccc([C@@H]2N=C(c3nccs3)N3C[C@@H](NS(=O)(=O)N4CCCC4)CC3=C2c2cnn(C(F)F)c2)c(Cl)c1. The predicted octanol–water partition coefficient (Wildman–Crippen LogP) is 4.61. The largest absolute Gasteiger partial charge is 0.333 e. The molecule has 2 aromatic heterocycles. The lowest BCUT2D eigenvalue weighted by Crippen LogP contribution is -2.45. The lowest BCUT2D eigenvalue weighted by Gasteiger charge is -2.32. The molecule has 0 unspecified atom stereocenters. The van der Waals surface area contributed by atoms with Crippen LogP contribution in [0.4, 0.5) is 8.78 Å². The van der Waals surface area contributed by atoms with E-state index in [1.165, 1.54) is 28.0 Å². The van der Waals surface area contributed by atoms with Crippen molar-refractivity contribution in [2.45, 2.75) is 44.8 Å². The molecule has 0 amide bonds. The molecular formula is C25H26ClF2N7O2S2. The van der Waals surface area contributed by atoms with Crippen molar-refractivity contribution in [1.82, 2.24) is 28.7 Å². The van der Waals surface area contributed by atoms with Crippen molar-refractivity contribution in [3.05, 3.63) is 74.6 Å². The van der Waals surface area contributed by atoms with Crippen molar-refractivity contribution < 1.29 is 17.2 Å². The number of hydrogen-bond donors (Lipinski definition) is 1. The van der Waals surface area contributed by atoms with Crippen molar-refractivity contribution in [2.75, 3.05) is 19.6 Å². The number of hydrogen-bond acceptors (Lipinski definition) is 7. The molecule has 6 rings (SSSR count). The average Bonchev–Trinajstić information content (AvgIpc) is 3.70. The summed E-state index contributed by atoms with van der Waals surface area (Å²) in [6, 6.07) is 4.57. The van der Waals surface area contributed by atoms with Crippen LogP contribution in [0.3, 0.4) is 0 Å². The number of aliphatic imine (C=N–C) groups is 1. The van der Waals surface area contributed by atoms with Crippen molar-refractivity contribution >= 4 is 44.6 Å². The Hall–Kier alpha value is -2.71. The summed E-state index contributed by atoms with van der Waals surface area (Å²) in [6.45, 7) is 0.437. The van der Waals surface area contributed by atoms with E-state index in [4.69, 9.17) is 16.6 Å². The zero-order valence-corrected chi connectivity index (χ0v) is 23.4. The first-order valence-corrected chi connectivity index (χ1v) is 15.3. The van der Waals surface area contributed by atoms with E-state index in [1.54, 1.807) is 6.20 Å². The number of fused-ring (bicyclic) bond motifs is 1. The number of thiazole rings is 1. The van der Waals surface area contributed by atoms with Gasteiger partial charge in [-0.15, -0.1) is 11.3 Å². The third-order valence-electron chi connectivity index (χ3n) is 7.17. The molecule has 3 aliphatic rings. The van der Waals surface area contributed by atoms with Crippen LogP contribution >= 0.6 is 22.9 Å². The zero-order chi connectivity index (χ0) is 27.3. The van der Waals surface area contributed by atoms with Gasteiger partial charge in [0.15, 0.2) is 10.8 Å². The van der Waals surface area contributed by atoms with Crippen LogP contribution in [0.15, 0.2) is 52.9 Å². The number of alkyl halides is 2. The normalized spacial score (nSPS) is 22.2. The molecule has 2 saturated heterocycles. The number of rotatable bonds is 7. The van der Waals surface area contributed by atoms with Crippen LogP contribution in [-0.4, -0.2) is 63.9 Å². The topological polar surface area (TPSA) is 95.7 Å². The maximum atomic E-state index is 13.5. The summed E-state index contributed by atoms with van der Waals surface area (Å²) in [5, 5.41) is 6.89. The summed E-state index contributed by atoms with van der Waals surface area (Å²) >= 11 is 8.14. The first kappa shape index (κ1) is 26.5. The summed E-state index contributed by atoms with van der Waals surface area (Å²) in [4.78, 5) is 11.5. The Labute approximate surface area is 234 Å². The Kier molecular flexibility index (Phi) is 7.04. The fraction of sp³-hybridized carbons (Fsp3) is 0.400. The summed E-state index contributed by atoms with van der Waals surface area (Å²) in [5.74, 6) is 0.592. The van der Waals surface area contributed by atoms with E-state index in [2.05, 4.69) is 14.8 Å². The van der Waals surface area contributed by atoms with Crippen LogP contribution in [0, 0.1) is 6.92 Å². The lowest BCUT2D eigenvalue weighted by atomic mass is 9.90. The summed E-state index contributed by atoms with van der Waals surface area (Å²) in [7, 11) is -3.68. The minimum atomic E-state index is -3.68. The monoisotopic (exact) mass is 593 g/mol. The van der Waals surface area contributed by atoms with E-state index >= 15 is 0 Å². The highest BCUT2D eigenvalue weighted by Gasteiger charge is 2.42. The molecule has 2 fully saturated rings. The molecule has 14 heteroatoms. The van der Waals surface area contributed by atoms with Gasteiger partial charge in [0.1, 0.15) is 6.04 Å². The third-order valence-corrected chi connectivity index (χ3v) is 9.94. The van der Waals surface area contributed by atoms with Crippen LogP contribution in [0.1, 0.15) is 53.6 Å². The van der Waals surface area contributed by atoms with Gasteiger partial charge >= 0.3 is 6.55 Å². The Morgan fingerprint density at radius 2 is 2.03 bits per heavy atom. The molecule has 0 saturated carbocycles. The van der Waals surface area contributed by atoms with Crippen LogP contribution in [0.2, 0.25) is 5.02 Å². The van der Waals surface area contributed by atoms with E-state index in [0.717, 1.165) is 24.1 Å². The maximum absolute atomic E-state index is 13.5. The van der Waals surface area contributed by atoms with Crippen LogP contribution in [0.25, 0.3) is 5.57 Å². The zero-order valence-electron chi connectivity index (χ0n) is 21.0. The van der Waals surface area contributed by atoms with Gasteiger partial charge in [-0.2, -0.15) is 31.3 Å². The predicted molar refractivity (Wildman–Crippen MR) is 146 cm³/mol. The van der Waals surface area contributed by atoms with Crippen molar-refractivity contribution in [1.29, 1.82) is 0 Å². The van der Waals surface area contributed by atoms with Crippen LogP contribution in [0.5, 0.6) is 0 Å². The third kappa shape index (κ3) is 5.02. The number of nitrogens with zero attached hydrogens (tertiary/aromatic N) is 6. The van der Waals surface area contributed by atoms with Gasteiger partial charge in [0.05, 0.1) is 6.20 Å². The van der Waals surface area contributed by atoms with Gasteiger partial charge in [0, 0.05) is 71.7 Å². The molecule has 3 aromatic rings. The molecule has 3 aliphatic heterocycles. The summed E-state index contributed by atoms with van der Waals surface area (Å²) < 4.78 is 58.2. The lowest BCUT2D eigenvalue weighted by molar-refractivity contribution is 0.0566. The number of amidine groups is 1. The maximum Gasteiger partial charge on any atom is 0.333 e. The number of nitrogens with one attached hydrogen (secondary N) is 1. The second-order valence-electron chi connectivity index (χ2n) is 9.81. The number of aryl methyl sites for hydroxylation is 1. The number of benzene rings is 1. The van der Waals surface area contributed by atoms with Crippen molar-refractivity contribution in [2.24, 2.45) is 4.99 Å². The summed E-state index contributed by atoms with van der Waals surface area (Å²) in [5.41, 5.74) is 3.60. The van der Waals surface area contributed by atoms with Crippen LogP contribution in [-0.2, 0) is 10.2 Å². The smallest absolute Gasteiger partial charge is 0.326 e. The van der Waals surface area contributed by atoms with Gasteiger partial charge in [-0.1, -0.05) is 23.7 Å². The van der Waals surface area contributed by atoms with Crippen LogP contribution < -0.4 is 4.72 Å². The molecular weight excluding hydrogens is 568 g/mol. The number of halogens is 3. The molecule has 2 atom stereocenters. The molecule has 0 spiro atoms. The fourth-order valence-corrected chi connectivity index (χ4v) is 7.85. The van der Waals surface area contributed by atoms with Crippen molar-refractivity contribution in [3.8, 4) is 0 Å². The van der Waals surface area contributed by atoms with Gasteiger partial charge in [-0.3, -0.25) is 4.99 Å². The van der Waals surface area contributed by atoms with E-state index in [0.29, 0.717) is 63.3 Å². The standard InChI is InChI=1S/C25H26ClF2N7O2S2/c1-15-4-5-18(19(26)10-15)22-21(16-12-30-35(13-16)25(27)28)20-11-17(32-39(36,37)33-7-2-3-8-33)14-34(20)23(31-22)24-29-6-9-38-24/h4-6,9-10,12-13,17,22,25,32H,2-3,7-8,11,14H2,1H3/t17-,22-/m0/s1. The Morgan fingerprint density at radius 3 is 2.69 bits per heavy atom. The highest BCUT2D eigenvalue weighted by molar-refractivity contribution is 7.87. The summed E-state index contributed by atoms with van der Waals surface area (Å²) in [6.07, 6.45) is 6.39. The molecule has 39 heavy (non-hydrogen) atoms. The van der Waals surface area contributed by atoms with Gasteiger partial charge in [0.25, 0.3) is 10.2 Å². The van der Waals surface area contributed by atoms with E-state index in [1.807, 2.05) is 35.4 Å².